The van der Waals surface area contributed by atoms with Gasteiger partial charge in [0.15, 0.2) is 0 Å². The van der Waals surface area contributed by atoms with E-state index in [4.69, 9.17) is 4.98 Å². The van der Waals surface area contributed by atoms with Crippen molar-refractivity contribution < 1.29 is 13.6 Å². The van der Waals surface area contributed by atoms with E-state index in [1.165, 1.54) is 12.6 Å². The number of rotatable bonds is 5. The number of hydrogen-bond donors (Lipinski definition) is 2. The van der Waals surface area contributed by atoms with Gasteiger partial charge in [-0.15, -0.1) is 0 Å². The smallest absolute Gasteiger partial charge is 0.255 e. The summed E-state index contributed by atoms with van der Waals surface area (Å²) >= 11 is 0. The molecule has 2 aliphatic carbocycles. The molecule has 164 valence electrons. The number of nitrogens with one attached hydrogen (secondary N) is 2. The Morgan fingerprint density at radius 2 is 2.12 bits per heavy atom. The van der Waals surface area contributed by atoms with Gasteiger partial charge < -0.3 is 10.3 Å². The molecule has 6 rings (SSSR count). The van der Waals surface area contributed by atoms with Crippen LogP contribution >= 0.6 is 0 Å². The Hall–Kier alpha value is -3.36. The molecule has 0 radical (unpaired) electrons. The minimum Gasteiger partial charge on any atom is -0.352 e. The van der Waals surface area contributed by atoms with Crippen molar-refractivity contribution in [2.75, 3.05) is 6.54 Å². The van der Waals surface area contributed by atoms with Crippen LogP contribution in [0.15, 0.2) is 36.9 Å². The lowest BCUT2D eigenvalue weighted by atomic mass is 9.81. The lowest BCUT2D eigenvalue weighted by Gasteiger charge is -2.34. The third-order valence-corrected chi connectivity index (χ3v) is 6.72. The van der Waals surface area contributed by atoms with Crippen molar-refractivity contribution in [1.82, 2.24) is 29.9 Å². The molecule has 4 aromatic rings. The van der Waals surface area contributed by atoms with Gasteiger partial charge in [-0.2, -0.15) is 5.10 Å². The predicted octanol–water partition coefficient (Wildman–Crippen LogP) is 4.32. The molecule has 0 bridgehead atoms. The van der Waals surface area contributed by atoms with Crippen LogP contribution in [0.3, 0.4) is 0 Å². The number of nitrogens with zero attached hydrogens (tertiary/aromatic N) is 4. The van der Waals surface area contributed by atoms with Gasteiger partial charge in [0, 0.05) is 54.8 Å². The summed E-state index contributed by atoms with van der Waals surface area (Å²) in [4.78, 5) is 25.2. The monoisotopic (exact) mass is 436 g/mol. The summed E-state index contributed by atoms with van der Waals surface area (Å²) in [6.07, 6.45) is 10.3. The molecule has 1 amide bonds. The molecule has 2 fully saturated rings. The van der Waals surface area contributed by atoms with Crippen molar-refractivity contribution in [1.29, 1.82) is 0 Å². The highest BCUT2D eigenvalue weighted by Crippen LogP contribution is 2.42. The summed E-state index contributed by atoms with van der Waals surface area (Å²) in [5.74, 6) is -1.72. The first-order valence-corrected chi connectivity index (χ1v) is 10.9. The van der Waals surface area contributed by atoms with Crippen molar-refractivity contribution in [2.45, 2.75) is 43.9 Å². The SMILES string of the molecule is O=C(NCC1CC(F)(F)C1)c1cnn2ccc(-c3c[nH]c4nc(C5CCC5)ncc34)cc12. The normalized spacial score (nSPS) is 18.6. The molecule has 4 aromatic heterocycles. The van der Waals surface area contributed by atoms with Crippen LogP contribution in [0.1, 0.15) is 54.2 Å². The highest BCUT2D eigenvalue weighted by atomic mass is 19.3. The number of H-pyrrole nitrogens is 1. The van der Waals surface area contributed by atoms with E-state index in [0.29, 0.717) is 17.0 Å². The van der Waals surface area contributed by atoms with Gasteiger partial charge in [-0.1, -0.05) is 6.42 Å². The number of alkyl halides is 2. The summed E-state index contributed by atoms with van der Waals surface area (Å²) in [6.45, 7) is 0.245. The highest BCUT2D eigenvalue weighted by molar-refractivity contribution is 6.02. The van der Waals surface area contributed by atoms with E-state index in [1.54, 1.807) is 10.7 Å². The lowest BCUT2D eigenvalue weighted by Crippen LogP contribution is -2.42. The van der Waals surface area contributed by atoms with Gasteiger partial charge in [-0.3, -0.25) is 4.79 Å². The van der Waals surface area contributed by atoms with Crippen LogP contribution in [0.2, 0.25) is 0 Å². The number of aromatic nitrogens is 5. The number of fused-ring (bicyclic) bond motifs is 2. The molecule has 0 saturated heterocycles. The number of carbonyl (C=O) groups excluding carboxylic acids is 1. The fraction of sp³-hybridized carbons (Fsp3) is 0.391. The van der Waals surface area contributed by atoms with E-state index >= 15 is 0 Å². The maximum atomic E-state index is 13.0. The average Bonchev–Trinajstić information content (AvgIpc) is 3.32. The Morgan fingerprint density at radius 3 is 2.88 bits per heavy atom. The van der Waals surface area contributed by atoms with Gasteiger partial charge in [0.1, 0.15) is 11.5 Å². The maximum Gasteiger partial charge on any atom is 0.255 e. The molecule has 2 aliphatic rings. The van der Waals surface area contributed by atoms with E-state index in [0.717, 1.165) is 40.8 Å². The van der Waals surface area contributed by atoms with Crippen LogP contribution in [-0.2, 0) is 0 Å². The molecule has 2 N–H and O–H groups in total. The largest absolute Gasteiger partial charge is 0.352 e. The second-order valence-electron chi connectivity index (χ2n) is 8.96. The molecule has 0 aliphatic heterocycles. The zero-order valence-electron chi connectivity index (χ0n) is 17.3. The zero-order chi connectivity index (χ0) is 21.9. The predicted molar refractivity (Wildman–Crippen MR) is 115 cm³/mol. The molecule has 0 aromatic carbocycles. The Labute approximate surface area is 182 Å². The first-order chi connectivity index (χ1) is 15.5. The van der Waals surface area contributed by atoms with Gasteiger partial charge in [-0.25, -0.2) is 23.3 Å². The van der Waals surface area contributed by atoms with E-state index in [-0.39, 0.29) is 31.2 Å². The van der Waals surface area contributed by atoms with Crippen LogP contribution in [0, 0.1) is 5.92 Å². The molecule has 0 unspecified atom stereocenters. The van der Waals surface area contributed by atoms with E-state index < -0.39 is 5.92 Å². The van der Waals surface area contributed by atoms with Crippen LogP contribution in [0.5, 0.6) is 0 Å². The second kappa shape index (κ2) is 7.08. The standard InChI is InChI=1S/C23H22F2N6O/c24-23(25)7-13(8-23)9-28-22(32)18-12-29-31-5-4-15(6-19(18)31)16-10-27-21-17(16)11-26-20(30-21)14-2-1-3-14/h4-6,10-14H,1-3,7-9H2,(H,28,32)(H,26,27,30). The number of halogens is 2. The molecule has 0 atom stereocenters. The zero-order valence-corrected chi connectivity index (χ0v) is 17.3. The third kappa shape index (κ3) is 3.23. The summed E-state index contributed by atoms with van der Waals surface area (Å²) in [5.41, 5.74) is 3.74. The fourth-order valence-electron chi connectivity index (χ4n) is 4.61. The minimum atomic E-state index is -2.59. The number of aromatic amines is 1. The number of amides is 1. The maximum absolute atomic E-state index is 13.0. The molecule has 9 heteroatoms. The third-order valence-electron chi connectivity index (χ3n) is 6.72. The number of pyridine rings is 1. The molecule has 2 saturated carbocycles. The number of hydrogen-bond acceptors (Lipinski definition) is 4. The first-order valence-electron chi connectivity index (χ1n) is 10.9. The summed E-state index contributed by atoms with van der Waals surface area (Å²) in [7, 11) is 0. The topological polar surface area (TPSA) is 88.0 Å². The molecular formula is C23H22F2N6O. The molecule has 4 heterocycles. The lowest BCUT2D eigenvalue weighted by molar-refractivity contribution is -0.108. The highest BCUT2D eigenvalue weighted by Gasteiger charge is 2.45. The van der Waals surface area contributed by atoms with Gasteiger partial charge in [-0.05, 0) is 36.5 Å². The van der Waals surface area contributed by atoms with Crippen molar-refractivity contribution >= 4 is 22.5 Å². The van der Waals surface area contributed by atoms with Gasteiger partial charge in [0.05, 0.1) is 17.3 Å². The Morgan fingerprint density at radius 1 is 1.28 bits per heavy atom. The van der Waals surface area contributed by atoms with E-state index in [1.807, 2.05) is 24.5 Å². The Kier molecular flexibility index (Phi) is 4.28. The van der Waals surface area contributed by atoms with Gasteiger partial charge in [0.25, 0.3) is 5.91 Å². The van der Waals surface area contributed by atoms with Crippen LogP contribution in [0.4, 0.5) is 8.78 Å². The van der Waals surface area contributed by atoms with Crippen LogP contribution in [-0.4, -0.2) is 42.9 Å². The van der Waals surface area contributed by atoms with Crippen LogP contribution < -0.4 is 5.32 Å². The van der Waals surface area contributed by atoms with Crippen molar-refractivity contribution in [3.8, 4) is 11.1 Å². The molecule has 32 heavy (non-hydrogen) atoms. The Bertz CT molecular complexity index is 1330. The quantitative estimate of drug-likeness (QED) is 0.488. The second-order valence-corrected chi connectivity index (χ2v) is 8.96. The summed E-state index contributed by atoms with van der Waals surface area (Å²) in [6, 6.07) is 3.84. The van der Waals surface area contributed by atoms with Gasteiger partial charge in [0.2, 0.25) is 5.92 Å². The summed E-state index contributed by atoms with van der Waals surface area (Å²) < 4.78 is 27.7. The molecule has 7 nitrogen and oxygen atoms in total. The molecular weight excluding hydrogens is 414 g/mol. The molecule has 0 spiro atoms. The van der Waals surface area contributed by atoms with Crippen molar-refractivity contribution in [3.63, 3.8) is 0 Å². The van der Waals surface area contributed by atoms with E-state index in [9.17, 15) is 13.6 Å². The fourth-order valence-corrected chi connectivity index (χ4v) is 4.61. The number of carbonyl (C=O) groups is 1. The van der Waals surface area contributed by atoms with Crippen molar-refractivity contribution in [2.24, 2.45) is 5.92 Å². The average molecular weight is 436 g/mol. The van der Waals surface area contributed by atoms with Gasteiger partial charge >= 0.3 is 0 Å². The minimum absolute atomic E-state index is 0.169. The van der Waals surface area contributed by atoms with E-state index in [2.05, 4.69) is 20.4 Å². The Balaban J connectivity index is 1.27. The van der Waals surface area contributed by atoms with Crippen molar-refractivity contribution in [3.05, 3.63) is 48.3 Å². The first kappa shape index (κ1) is 19.3. The van der Waals surface area contributed by atoms with Crippen LogP contribution in [0.25, 0.3) is 27.7 Å². The summed E-state index contributed by atoms with van der Waals surface area (Å²) in [5, 5.41) is 7.96.